The Morgan fingerprint density at radius 1 is 1.12 bits per heavy atom. The number of nitrogens with zero attached hydrogens (tertiary/aromatic N) is 6. The van der Waals surface area contributed by atoms with E-state index in [-0.39, 0.29) is 12.7 Å². The van der Waals surface area contributed by atoms with Crippen LogP contribution in [0.25, 0.3) is 5.69 Å². The van der Waals surface area contributed by atoms with E-state index in [2.05, 4.69) is 20.3 Å². The first kappa shape index (κ1) is 21.7. The summed E-state index contributed by atoms with van der Waals surface area (Å²) in [5, 5.41) is 8.41. The molecule has 1 amide bonds. The van der Waals surface area contributed by atoms with Gasteiger partial charge >= 0.3 is 6.09 Å². The highest BCUT2D eigenvalue weighted by Gasteiger charge is 2.26. The highest BCUT2D eigenvalue weighted by molar-refractivity contribution is 5.68. The maximum atomic E-state index is 12.4. The molecular formula is C23H28N6O3. The molecule has 0 aliphatic carbocycles. The van der Waals surface area contributed by atoms with Gasteiger partial charge in [-0.2, -0.15) is 0 Å². The number of carbonyl (C=O) groups excluding carboxylic acids is 1. The van der Waals surface area contributed by atoms with E-state index >= 15 is 0 Å². The summed E-state index contributed by atoms with van der Waals surface area (Å²) in [6, 6.07) is 5.83. The summed E-state index contributed by atoms with van der Waals surface area (Å²) in [7, 11) is 0. The minimum absolute atomic E-state index is 0.280. The van der Waals surface area contributed by atoms with Crippen molar-refractivity contribution in [2.75, 3.05) is 6.54 Å². The molecule has 3 aromatic heterocycles. The molecule has 0 spiro atoms. The van der Waals surface area contributed by atoms with Gasteiger partial charge in [0.1, 0.15) is 17.9 Å². The minimum atomic E-state index is -0.512. The van der Waals surface area contributed by atoms with E-state index in [0.717, 1.165) is 40.3 Å². The number of fused-ring (bicyclic) bond motifs is 1. The average Bonchev–Trinajstić information content (AvgIpc) is 3.11. The van der Waals surface area contributed by atoms with Crippen LogP contribution in [0.15, 0.2) is 30.6 Å². The summed E-state index contributed by atoms with van der Waals surface area (Å²) in [6.45, 7) is 10.8. The van der Waals surface area contributed by atoms with Crippen LogP contribution in [0.1, 0.15) is 49.0 Å². The van der Waals surface area contributed by atoms with Gasteiger partial charge in [-0.1, -0.05) is 5.21 Å². The SMILES string of the molecule is Cc1ccc(-n2nnc(C)c2COc2cc3c(cn2)CN(C(=O)OC(C)(C)C)CC3)cn1. The zero-order valence-electron chi connectivity index (χ0n) is 19.1. The Hall–Kier alpha value is -3.49. The van der Waals surface area contributed by atoms with Crippen molar-refractivity contribution in [2.45, 2.75) is 59.8 Å². The Labute approximate surface area is 187 Å². The molecule has 32 heavy (non-hydrogen) atoms. The summed E-state index contributed by atoms with van der Waals surface area (Å²) >= 11 is 0. The topological polar surface area (TPSA) is 95.3 Å². The summed E-state index contributed by atoms with van der Waals surface area (Å²) in [5.41, 5.74) is 5.01. The Bertz CT molecular complexity index is 1120. The standard InChI is InChI=1S/C23H28N6O3/c1-15-6-7-19(12-24-15)29-20(16(2)26-27-29)14-31-21-10-17-8-9-28(13-18(17)11-25-21)22(30)32-23(3,4)5/h6-7,10-12H,8-9,13-14H2,1-5H3. The third-order valence-corrected chi connectivity index (χ3v) is 5.18. The van der Waals surface area contributed by atoms with Gasteiger partial charge in [0, 0.05) is 24.5 Å². The number of aromatic nitrogens is 5. The Morgan fingerprint density at radius 3 is 2.66 bits per heavy atom. The first-order chi connectivity index (χ1) is 15.2. The first-order valence-electron chi connectivity index (χ1n) is 10.6. The molecule has 0 saturated heterocycles. The second-order valence-electron chi connectivity index (χ2n) is 8.92. The third-order valence-electron chi connectivity index (χ3n) is 5.18. The zero-order chi connectivity index (χ0) is 22.9. The van der Waals surface area contributed by atoms with Gasteiger partial charge in [-0.15, -0.1) is 5.10 Å². The second-order valence-corrected chi connectivity index (χ2v) is 8.92. The van der Waals surface area contributed by atoms with Gasteiger partial charge < -0.3 is 14.4 Å². The third kappa shape index (κ3) is 4.87. The predicted octanol–water partition coefficient (Wildman–Crippen LogP) is 3.55. The lowest BCUT2D eigenvalue weighted by atomic mass is 10.0. The van der Waals surface area contributed by atoms with E-state index in [0.29, 0.717) is 19.0 Å². The second kappa shape index (κ2) is 8.57. The largest absolute Gasteiger partial charge is 0.471 e. The summed E-state index contributed by atoms with van der Waals surface area (Å²) in [4.78, 5) is 22.8. The fourth-order valence-electron chi connectivity index (χ4n) is 3.46. The van der Waals surface area contributed by atoms with Gasteiger partial charge in [-0.25, -0.2) is 14.5 Å². The molecule has 0 saturated carbocycles. The van der Waals surface area contributed by atoms with Crippen LogP contribution in [0.5, 0.6) is 5.88 Å². The fraction of sp³-hybridized carbons (Fsp3) is 0.435. The molecule has 0 unspecified atom stereocenters. The van der Waals surface area contributed by atoms with Crippen LogP contribution in [0.2, 0.25) is 0 Å². The lowest BCUT2D eigenvalue weighted by Crippen LogP contribution is -2.39. The zero-order valence-corrected chi connectivity index (χ0v) is 19.1. The summed E-state index contributed by atoms with van der Waals surface area (Å²) in [6.07, 6.45) is 3.96. The molecule has 0 N–H and O–H groups in total. The molecule has 0 aromatic carbocycles. The van der Waals surface area contributed by atoms with E-state index in [1.165, 1.54) is 0 Å². The Morgan fingerprint density at radius 2 is 1.94 bits per heavy atom. The van der Waals surface area contributed by atoms with Crippen LogP contribution in [0.3, 0.4) is 0 Å². The van der Waals surface area contributed by atoms with Crippen molar-refractivity contribution < 1.29 is 14.3 Å². The predicted molar refractivity (Wildman–Crippen MR) is 118 cm³/mol. The van der Waals surface area contributed by atoms with E-state index in [9.17, 15) is 4.79 Å². The lowest BCUT2D eigenvalue weighted by molar-refractivity contribution is 0.0223. The van der Waals surface area contributed by atoms with E-state index in [1.54, 1.807) is 22.0 Å². The molecule has 3 aromatic rings. The van der Waals surface area contributed by atoms with Crippen molar-refractivity contribution in [3.05, 3.63) is 58.8 Å². The van der Waals surface area contributed by atoms with Crippen LogP contribution in [-0.4, -0.2) is 48.1 Å². The van der Waals surface area contributed by atoms with E-state index < -0.39 is 5.60 Å². The van der Waals surface area contributed by atoms with Crippen LogP contribution in [0, 0.1) is 13.8 Å². The molecule has 168 valence electrons. The van der Waals surface area contributed by atoms with Crippen LogP contribution < -0.4 is 4.74 Å². The Kier molecular flexibility index (Phi) is 5.82. The molecule has 4 heterocycles. The molecule has 0 radical (unpaired) electrons. The normalized spacial score (nSPS) is 13.6. The van der Waals surface area contributed by atoms with Gasteiger partial charge in [-0.3, -0.25) is 4.98 Å². The number of carbonyl (C=O) groups is 1. The Balaban J connectivity index is 1.44. The maximum absolute atomic E-state index is 12.4. The van der Waals surface area contributed by atoms with Crippen molar-refractivity contribution in [1.82, 2.24) is 29.9 Å². The van der Waals surface area contributed by atoms with Crippen LogP contribution >= 0.6 is 0 Å². The quantitative estimate of drug-likeness (QED) is 0.617. The number of rotatable bonds is 4. The highest BCUT2D eigenvalue weighted by atomic mass is 16.6. The first-order valence-corrected chi connectivity index (χ1v) is 10.6. The molecule has 9 heteroatoms. The molecule has 4 rings (SSSR count). The van der Waals surface area contributed by atoms with Crippen molar-refractivity contribution in [2.24, 2.45) is 0 Å². The summed E-state index contributed by atoms with van der Waals surface area (Å²) in [5.74, 6) is 0.531. The minimum Gasteiger partial charge on any atom is -0.471 e. The smallest absolute Gasteiger partial charge is 0.410 e. The number of amides is 1. The van der Waals surface area contributed by atoms with Crippen molar-refractivity contribution in [1.29, 1.82) is 0 Å². The van der Waals surface area contributed by atoms with Crippen molar-refractivity contribution in [3.63, 3.8) is 0 Å². The van der Waals surface area contributed by atoms with Crippen LogP contribution in [-0.2, 0) is 24.3 Å². The van der Waals surface area contributed by atoms with E-state index in [4.69, 9.17) is 9.47 Å². The average molecular weight is 437 g/mol. The fourth-order valence-corrected chi connectivity index (χ4v) is 3.46. The molecule has 0 bridgehead atoms. The molecule has 0 atom stereocenters. The maximum Gasteiger partial charge on any atom is 0.410 e. The molecule has 9 nitrogen and oxygen atoms in total. The summed E-state index contributed by atoms with van der Waals surface area (Å²) < 4.78 is 13.2. The van der Waals surface area contributed by atoms with E-state index in [1.807, 2.05) is 52.8 Å². The number of pyridine rings is 2. The van der Waals surface area contributed by atoms with Gasteiger partial charge in [0.25, 0.3) is 0 Å². The van der Waals surface area contributed by atoms with Gasteiger partial charge in [-0.05, 0) is 64.3 Å². The molecule has 1 aliphatic rings. The van der Waals surface area contributed by atoms with Gasteiger partial charge in [0.2, 0.25) is 5.88 Å². The van der Waals surface area contributed by atoms with Crippen molar-refractivity contribution >= 4 is 6.09 Å². The molecular weight excluding hydrogens is 408 g/mol. The van der Waals surface area contributed by atoms with Gasteiger partial charge in [0.15, 0.2) is 0 Å². The lowest BCUT2D eigenvalue weighted by Gasteiger charge is -2.31. The number of hydrogen-bond donors (Lipinski definition) is 0. The van der Waals surface area contributed by atoms with Crippen LogP contribution in [0.4, 0.5) is 4.79 Å². The molecule has 0 fully saturated rings. The van der Waals surface area contributed by atoms with Crippen molar-refractivity contribution in [3.8, 4) is 11.6 Å². The number of hydrogen-bond acceptors (Lipinski definition) is 7. The number of aryl methyl sites for hydroxylation is 2. The molecule has 1 aliphatic heterocycles. The highest BCUT2D eigenvalue weighted by Crippen LogP contribution is 2.24. The number of ether oxygens (including phenoxy) is 2. The van der Waals surface area contributed by atoms with Gasteiger partial charge in [0.05, 0.1) is 24.1 Å². The monoisotopic (exact) mass is 436 g/mol.